The van der Waals surface area contributed by atoms with Crippen LogP contribution in [0.5, 0.6) is 0 Å². The van der Waals surface area contributed by atoms with Crippen LogP contribution in [0, 0.1) is 0 Å². The fourth-order valence-corrected chi connectivity index (χ4v) is 1.44. The van der Waals surface area contributed by atoms with Crippen LogP contribution in [0.4, 0.5) is 8.78 Å². The Kier molecular flexibility index (Phi) is 5.71. The number of carbonyl (C=O) groups is 1. The van der Waals surface area contributed by atoms with Gasteiger partial charge in [0.25, 0.3) is 5.92 Å². The van der Waals surface area contributed by atoms with Gasteiger partial charge >= 0.3 is 0 Å². The van der Waals surface area contributed by atoms with Gasteiger partial charge in [0.2, 0.25) is 5.91 Å². The van der Waals surface area contributed by atoms with Crippen LogP contribution in [-0.2, 0) is 10.7 Å². The summed E-state index contributed by atoms with van der Waals surface area (Å²) in [6.07, 6.45) is 0.825. The first-order valence-electron chi connectivity index (χ1n) is 5.97. The van der Waals surface area contributed by atoms with Gasteiger partial charge in [-0.15, -0.1) is 0 Å². The summed E-state index contributed by atoms with van der Waals surface area (Å²) in [6.45, 7) is 1.85. The predicted octanol–water partition coefficient (Wildman–Crippen LogP) is 1.89. The number of rotatable bonds is 7. The number of hydrogen-bond acceptors (Lipinski definition) is 2. The normalized spacial score (nSPS) is 11.3. The molecule has 0 aliphatic carbocycles. The van der Waals surface area contributed by atoms with Gasteiger partial charge in [-0.3, -0.25) is 4.79 Å². The summed E-state index contributed by atoms with van der Waals surface area (Å²) in [7, 11) is 0. The molecule has 0 saturated heterocycles. The first kappa shape index (κ1) is 14.6. The third-order valence-corrected chi connectivity index (χ3v) is 2.40. The zero-order valence-corrected chi connectivity index (χ0v) is 10.4. The number of halogens is 2. The number of alkyl halides is 2. The first-order valence-corrected chi connectivity index (χ1v) is 5.97. The van der Waals surface area contributed by atoms with Gasteiger partial charge in [-0.05, 0) is 6.42 Å². The van der Waals surface area contributed by atoms with Crippen LogP contribution in [0.1, 0.15) is 18.9 Å². The molecule has 0 unspecified atom stereocenters. The van der Waals surface area contributed by atoms with E-state index in [9.17, 15) is 13.6 Å². The van der Waals surface area contributed by atoms with E-state index in [1.165, 1.54) is 12.1 Å². The van der Waals surface area contributed by atoms with Crippen molar-refractivity contribution in [3.05, 3.63) is 35.9 Å². The summed E-state index contributed by atoms with van der Waals surface area (Å²) in [6, 6.07) is 7.57. The summed E-state index contributed by atoms with van der Waals surface area (Å²) in [5.41, 5.74) is -0.0496. The topological polar surface area (TPSA) is 41.1 Å². The Morgan fingerprint density at radius 1 is 1.28 bits per heavy atom. The fourth-order valence-electron chi connectivity index (χ4n) is 1.44. The average molecular weight is 256 g/mol. The second kappa shape index (κ2) is 7.06. The molecule has 0 atom stereocenters. The summed E-state index contributed by atoms with van der Waals surface area (Å²) in [5, 5.41) is 5.08. The van der Waals surface area contributed by atoms with E-state index >= 15 is 0 Å². The van der Waals surface area contributed by atoms with Crippen LogP contribution in [0.15, 0.2) is 30.3 Å². The highest BCUT2D eigenvalue weighted by molar-refractivity contribution is 5.77. The Balaban J connectivity index is 2.36. The van der Waals surface area contributed by atoms with Crippen molar-refractivity contribution in [3.63, 3.8) is 0 Å². The van der Waals surface area contributed by atoms with E-state index in [2.05, 4.69) is 10.6 Å². The number of hydrogen-bond donors (Lipinski definition) is 2. The molecule has 1 rings (SSSR count). The molecule has 0 saturated carbocycles. The van der Waals surface area contributed by atoms with Gasteiger partial charge in [0, 0.05) is 12.1 Å². The van der Waals surface area contributed by atoms with Crippen molar-refractivity contribution in [3.8, 4) is 0 Å². The largest absolute Gasteiger partial charge is 0.355 e. The summed E-state index contributed by atoms with van der Waals surface area (Å²) in [4.78, 5) is 11.2. The molecule has 1 amide bonds. The maximum Gasteiger partial charge on any atom is 0.285 e. The molecule has 0 spiro atoms. The molecular weight excluding hydrogens is 238 g/mol. The zero-order valence-electron chi connectivity index (χ0n) is 10.4. The minimum absolute atomic E-state index is 0.0496. The Labute approximate surface area is 106 Å². The molecular formula is C13H18F2N2O. The van der Waals surface area contributed by atoms with Crippen molar-refractivity contribution in [1.82, 2.24) is 10.6 Å². The molecule has 1 aromatic rings. The molecule has 0 aliphatic rings. The number of carbonyl (C=O) groups excluding carboxylic acids is 1. The Morgan fingerprint density at radius 2 is 1.94 bits per heavy atom. The lowest BCUT2D eigenvalue weighted by Gasteiger charge is -2.17. The Hall–Kier alpha value is -1.49. The lowest BCUT2D eigenvalue weighted by molar-refractivity contribution is -0.120. The van der Waals surface area contributed by atoms with E-state index in [1.807, 2.05) is 6.92 Å². The van der Waals surface area contributed by atoms with Crippen molar-refractivity contribution >= 4 is 5.91 Å². The minimum Gasteiger partial charge on any atom is -0.355 e. The highest BCUT2D eigenvalue weighted by Gasteiger charge is 2.30. The van der Waals surface area contributed by atoms with Crippen LogP contribution in [0.2, 0.25) is 0 Å². The van der Waals surface area contributed by atoms with Gasteiger partial charge in [-0.2, -0.15) is 8.78 Å². The molecule has 0 heterocycles. The number of amides is 1. The van der Waals surface area contributed by atoms with E-state index in [1.54, 1.807) is 18.2 Å². The van der Waals surface area contributed by atoms with Crippen LogP contribution in [0.3, 0.4) is 0 Å². The van der Waals surface area contributed by atoms with Crippen molar-refractivity contribution in [2.45, 2.75) is 19.3 Å². The minimum atomic E-state index is -2.97. The maximum atomic E-state index is 13.7. The van der Waals surface area contributed by atoms with E-state index in [0.717, 1.165) is 6.42 Å². The smallest absolute Gasteiger partial charge is 0.285 e. The Morgan fingerprint density at radius 3 is 2.56 bits per heavy atom. The van der Waals surface area contributed by atoms with Gasteiger partial charge in [0.05, 0.1) is 13.1 Å². The zero-order chi connectivity index (χ0) is 13.4. The lowest BCUT2D eigenvalue weighted by atomic mass is 10.1. The molecule has 0 aromatic heterocycles. The first-order chi connectivity index (χ1) is 8.56. The highest BCUT2D eigenvalue weighted by atomic mass is 19.3. The molecule has 100 valence electrons. The van der Waals surface area contributed by atoms with Crippen LogP contribution < -0.4 is 10.6 Å². The van der Waals surface area contributed by atoms with Crippen molar-refractivity contribution in [1.29, 1.82) is 0 Å². The van der Waals surface area contributed by atoms with Crippen LogP contribution >= 0.6 is 0 Å². The second-order valence-electron chi connectivity index (χ2n) is 4.02. The molecule has 0 aliphatic heterocycles. The van der Waals surface area contributed by atoms with Gasteiger partial charge in [-0.1, -0.05) is 37.3 Å². The van der Waals surface area contributed by atoms with Crippen molar-refractivity contribution in [2.24, 2.45) is 0 Å². The summed E-state index contributed by atoms with van der Waals surface area (Å²) >= 11 is 0. The van der Waals surface area contributed by atoms with E-state index in [4.69, 9.17) is 0 Å². The Bertz CT molecular complexity index is 369. The summed E-state index contributed by atoms with van der Waals surface area (Å²) in [5.74, 6) is -3.23. The molecule has 3 nitrogen and oxygen atoms in total. The van der Waals surface area contributed by atoms with Gasteiger partial charge < -0.3 is 10.6 Å². The van der Waals surface area contributed by atoms with E-state index in [-0.39, 0.29) is 18.0 Å². The number of nitrogens with one attached hydrogen (secondary N) is 2. The van der Waals surface area contributed by atoms with Crippen molar-refractivity contribution < 1.29 is 13.6 Å². The van der Waals surface area contributed by atoms with E-state index in [0.29, 0.717) is 6.54 Å². The molecule has 0 bridgehead atoms. The maximum absolute atomic E-state index is 13.7. The van der Waals surface area contributed by atoms with Crippen molar-refractivity contribution in [2.75, 3.05) is 19.6 Å². The van der Waals surface area contributed by atoms with Crippen LogP contribution in [0.25, 0.3) is 0 Å². The summed E-state index contributed by atoms with van der Waals surface area (Å²) < 4.78 is 27.3. The number of benzene rings is 1. The SMILES string of the molecule is CCCNC(=O)CNCC(F)(F)c1ccccc1. The monoisotopic (exact) mass is 256 g/mol. The molecule has 5 heteroatoms. The average Bonchev–Trinajstić information content (AvgIpc) is 2.37. The van der Waals surface area contributed by atoms with Crippen LogP contribution in [-0.4, -0.2) is 25.5 Å². The molecule has 0 radical (unpaired) electrons. The molecule has 0 fully saturated rings. The fraction of sp³-hybridized carbons (Fsp3) is 0.462. The predicted molar refractivity (Wildman–Crippen MR) is 66.5 cm³/mol. The third-order valence-electron chi connectivity index (χ3n) is 2.40. The molecule has 2 N–H and O–H groups in total. The van der Waals surface area contributed by atoms with Gasteiger partial charge in [-0.25, -0.2) is 0 Å². The second-order valence-corrected chi connectivity index (χ2v) is 4.02. The highest BCUT2D eigenvalue weighted by Crippen LogP contribution is 2.26. The third kappa shape index (κ3) is 4.79. The standard InChI is InChI=1S/C13H18F2N2O/c1-2-8-17-12(18)9-16-10-13(14,15)11-6-4-3-5-7-11/h3-7,16H,2,8-10H2,1H3,(H,17,18). The lowest BCUT2D eigenvalue weighted by Crippen LogP contribution is -2.39. The molecule has 18 heavy (non-hydrogen) atoms. The quantitative estimate of drug-likeness (QED) is 0.782. The van der Waals surface area contributed by atoms with E-state index < -0.39 is 12.5 Å². The van der Waals surface area contributed by atoms with Gasteiger partial charge in [0.1, 0.15) is 0 Å². The molecule has 1 aromatic carbocycles. The van der Waals surface area contributed by atoms with Gasteiger partial charge in [0.15, 0.2) is 0 Å².